The van der Waals surface area contributed by atoms with E-state index < -0.39 is 0 Å². The van der Waals surface area contributed by atoms with Gasteiger partial charge >= 0.3 is 0 Å². The monoisotopic (exact) mass is 482 g/mol. The first-order valence-electron chi connectivity index (χ1n) is 11.0. The molecule has 0 saturated heterocycles. The van der Waals surface area contributed by atoms with E-state index >= 15 is 0 Å². The summed E-state index contributed by atoms with van der Waals surface area (Å²) in [5.74, 6) is -0.0515. The number of carbonyl (C=O) groups is 2. The Morgan fingerprint density at radius 2 is 1.85 bits per heavy atom. The summed E-state index contributed by atoms with van der Waals surface area (Å²) in [7, 11) is 3.87. The van der Waals surface area contributed by atoms with E-state index in [1.165, 1.54) is 23.9 Å². The first kappa shape index (κ1) is 23.9. The first-order chi connectivity index (χ1) is 16.3. The Balaban J connectivity index is 1.50. The number of anilines is 1. The molecule has 2 amide bonds. The summed E-state index contributed by atoms with van der Waals surface area (Å²) in [4.78, 5) is 27.3. The normalized spacial score (nSPS) is 14.1. The van der Waals surface area contributed by atoms with Gasteiger partial charge in [-0.05, 0) is 70.3 Å². The van der Waals surface area contributed by atoms with Crippen LogP contribution >= 0.6 is 11.8 Å². The van der Waals surface area contributed by atoms with Crippen LogP contribution in [0.4, 0.5) is 10.1 Å². The minimum Gasteiger partial charge on any atom is -0.349 e. The van der Waals surface area contributed by atoms with Crippen LogP contribution < -0.4 is 10.6 Å². The molecule has 1 atom stereocenters. The van der Waals surface area contributed by atoms with Gasteiger partial charge in [-0.25, -0.2) is 4.39 Å². The lowest BCUT2D eigenvalue weighted by Gasteiger charge is -2.20. The van der Waals surface area contributed by atoms with Crippen LogP contribution in [0, 0.1) is 5.82 Å². The van der Waals surface area contributed by atoms with Crippen molar-refractivity contribution >= 4 is 29.3 Å². The first-order valence-corrected chi connectivity index (χ1v) is 12.0. The van der Waals surface area contributed by atoms with Crippen molar-refractivity contribution < 1.29 is 14.0 Å². The van der Waals surface area contributed by atoms with Gasteiger partial charge in [-0.1, -0.05) is 23.9 Å². The minimum absolute atomic E-state index is 0.0578. The van der Waals surface area contributed by atoms with Crippen molar-refractivity contribution in [2.45, 2.75) is 37.0 Å². The molecule has 2 N–H and O–H groups in total. The van der Waals surface area contributed by atoms with Gasteiger partial charge < -0.3 is 10.6 Å². The van der Waals surface area contributed by atoms with Crippen molar-refractivity contribution in [3.8, 4) is 5.69 Å². The zero-order chi connectivity index (χ0) is 24.2. The highest BCUT2D eigenvalue weighted by Gasteiger charge is 2.25. The highest BCUT2D eigenvalue weighted by atomic mass is 32.2. The van der Waals surface area contributed by atoms with Crippen molar-refractivity contribution in [2.75, 3.05) is 25.2 Å². The average Bonchev–Trinajstić information content (AvgIpc) is 3.53. The van der Waals surface area contributed by atoms with E-state index in [9.17, 15) is 14.0 Å². The quantitative estimate of drug-likeness (QED) is 0.453. The predicted molar refractivity (Wildman–Crippen MR) is 130 cm³/mol. The number of nitrogens with zero attached hydrogens (tertiary/aromatic N) is 4. The molecular formula is C24H27FN6O2S. The second-order valence-corrected chi connectivity index (χ2v) is 9.36. The van der Waals surface area contributed by atoms with Crippen LogP contribution in [0.25, 0.3) is 5.69 Å². The molecule has 1 saturated carbocycles. The number of nitrogens with one attached hydrogen (secondary N) is 2. The largest absolute Gasteiger partial charge is 0.349 e. The van der Waals surface area contributed by atoms with E-state index in [2.05, 4.69) is 20.8 Å². The molecule has 0 spiro atoms. The van der Waals surface area contributed by atoms with E-state index in [0.717, 1.165) is 12.8 Å². The van der Waals surface area contributed by atoms with Crippen LogP contribution in [0.1, 0.15) is 42.0 Å². The fourth-order valence-electron chi connectivity index (χ4n) is 3.31. The third kappa shape index (κ3) is 5.63. The Kier molecular flexibility index (Phi) is 7.28. The van der Waals surface area contributed by atoms with Gasteiger partial charge in [0.25, 0.3) is 5.91 Å². The highest BCUT2D eigenvalue weighted by Crippen LogP contribution is 2.27. The van der Waals surface area contributed by atoms with Crippen molar-refractivity contribution in [3.05, 3.63) is 65.7 Å². The smallest absolute Gasteiger partial charge is 0.253 e. The second kappa shape index (κ2) is 10.4. The SMILES string of the molecule is CC(c1nnc(SCC(=O)Nc2ccccc2C(=O)NC2CC2)n1-c1ccc(F)cc1)N(C)C. The molecule has 4 rings (SSSR count). The third-order valence-electron chi connectivity index (χ3n) is 5.58. The number of hydrogen-bond acceptors (Lipinski definition) is 6. The molecule has 0 bridgehead atoms. The maximum atomic E-state index is 13.5. The summed E-state index contributed by atoms with van der Waals surface area (Å²) in [5, 5.41) is 14.9. The summed E-state index contributed by atoms with van der Waals surface area (Å²) in [6, 6.07) is 13.2. The molecule has 178 valence electrons. The summed E-state index contributed by atoms with van der Waals surface area (Å²) in [5.41, 5.74) is 1.61. The summed E-state index contributed by atoms with van der Waals surface area (Å²) in [6.07, 6.45) is 1.97. The Labute approximate surface area is 201 Å². The van der Waals surface area contributed by atoms with Crippen LogP contribution in [0.15, 0.2) is 53.7 Å². The lowest BCUT2D eigenvalue weighted by Crippen LogP contribution is -2.27. The lowest BCUT2D eigenvalue weighted by molar-refractivity contribution is -0.113. The molecule has 0 radical (unpaired) electrons. The molecule has 1 aromatic heterocycles. The third-order valence-corrected chi connectivity index (χ3v) is 6.51. The predicted octanol–water partition coefficient (Wildman–Crippen LogP) is 3.65. The number of para-hydroxylation sites is 1. The van der Waals surface area contributed by atoms with Crippen molar-refractivity contribution in [3.63, 3.8) is 0 Å². The van der Waals surface area contributed by atoms with Crippen molar-refractivity contribution in [2.24, 2.45) is 0 Å². The van der Waals surface area contributed by atoms with Crippen LogP contribution in [0.2, 0.25) is 0 Å². The van der Waals surface area contributed by atoms with Gasteiger partial charge in [-0.15, -0.1) is 10.2 Å². The van der Waals surface area contributed by atoms with E-state index in [1.807, 2.05) is 30.5 Å². The molecule has 1 unspecified atom stereocenters. The van der Waals surface area contributed by atoms with E-state index in [-0.39, 0.29) is 35.5 Å². The Hall–Kier alpha value is -3.24. The zero-order valence-corrected chi connectivity index (χ0v) is 20.1. The van der Waals surface area contributed by atoms with Crippen LogP contribution in [0.5, 0.6) is 0 Å². The van der Waals surface area contributed by atoms with Crippen LogP contribution in [-0.2, 0) is 4.79 Å². The van der Waals surface area contributed by atoms with Crippen LogP contribution in [-0.4, -0.2) is 57.4 Å². The van der Waals surface area contributed by atoms with Gasteiger partial charge in [0, 0.05) is 11.7 Å². The molecule has 1 fully saturated rings. The topological polar surface area (TPSA) is 92.1 Å². The summed E-state index contributed by atoms with van der Waals surface area (Å²) in [6.45, 7) is 1.99. The molecule has 8 nitrogen and oxygen atoms in total. The molecule has 0 aliphatic heterocycles. The number of benzene rings is 2. The van der Waals surface area contributed by atoms with Gasteiger partial charge in [0.15, 0.2) is 11.0 Å². The molecule has 34 heavy (non-hydrogen) atoms. The standard InChI is InChI=1S/C24H27FN6O2S/c1-15(30(2)3)22-28-29-24(31(22)18-12-8-16(25)9-13-18)34-14-21(32)27-20-7-5-4-6-19(20)23(33)26-17-10-11-17/h4-9,12-13,15,17H,10-11,14H2,1-3H3,(H,26,33)(H,27,32). The maximum absolute atomic E-state index is 13.5. The number of amides is 2. The summed E-state index contributed by atoms with van der Waals surface area (Å²) >= 11 is 1.22. The van der Waals surface area contributed by atoms with E-state index in [0.29, 0.717) is 27.9 Å². The van der Waals surface area contributed by atoms with Crippen molar-refractivity contribution in [1.29, 1.82) is 0 Å². The Bertz CT molecular complexity index is 1180. The molecule has 1 aliphatic carbocycles. The Morgan fingerprint density at radius 3 is 2.53 bits per heavy atom. The fraction of sp³-hybridized carbons (Fsp3) is 0.333. The van der Waals surface area contributed by atoms with Crippen molar-refractivity contribution in [1.82, 2.24) is 25.0 Å². The van der Waals surface area contributed by atoms with Crippen LogP contribution in [0.3, 0.4) is 0 Å². The molecular weight excluding hydrogens is 455 g/mol. The molecule has 1 heterocycles. The fourth-order valence-corrected chi connectivity index (χ4v) is 4.07. The van der Waals surface area contributed by atoms with E-state index in [1.54, 1.807) is 36.4 Å². The number of rotatable bonds is 9. The number of aromatic nitrogens is 3. The van der Waals surface area contributed by atoms with Gasteiger partial charge in [0.2, 0.25) is 5.91 Å². The Morgan fingerprint density at radius 1 is 1.15 bits per heavy atom. The molecule has 1 aliphatic rings. The van der Waals surface area contributed by atoms with E-state index in [4.69, 9.17) is 0 Å². The average molecular weight is 483 g/mol. The van der Waals surface area contributed by atoms with Gasteiger partial charge in [0.05, 0.1) is 23.0 Å². The molecule has 3 aromatic rings. The van der Waals surface area contributed by atoms with Gasteiger partial charge in [-0.2, -0.15) is 0 Å². The number of halogens is 1. The second-order valence-electron chi connectivity index (χ2n) is 8.42. The van der Waals surface area contributed by atoms with Gasteiger partial charge in [0.1, 0.15) is 5.82 Å². The zero-order valence-electron chi connectivity index (χ0n) is 19.3. The molecule has 10 heteroatoms. The van der Waals surface area contributed by atoms with Gasteiger partial charge in [-0.3, -0.25) is 19.1 Å². The molecule has 2 aromatic carbocycles. The lowest BCUT2D eigenvalue weighted by atomic mass is 10.1. The number of hydrogen-bond donors (Lipinski definition) is 2. The minimum atomic E-state index is -0.336. The maximum Gasteiger partial charge on any atom is 0.253 e. The highest BCUT2D eigenvalue weighted by molar-refractivity contribution is 7.99. The summed E-state index contributed by atoms with van der Waals surface area (Å²) < 4.78 is 15.3. The number of carbonyl (C=O) groups excluding carboxylic acids is 2. The number of thioether (sulfide) groups is 1.